The van der Waals surface area contributed by atoms with E-state index in [1.54, 1.807) is 0 Å². The van der Waals surface area contributed by atoms with Crippen LogP contribution >= 0.6 is 0 Å². The first kappa shape index (κ1) is 25.0. The molecule has 8 nitrogen and oxygen atoms in total. The fourth-order valence-corrected chi connectivity index (χ4v) is 7.71. The molecule has 202 valence electrons. The van der Waals surface area contributed by atoms with E-state index in [-0.39, 0.29) is 18.0 Å². The Labute approximate surface area is 225 Å². The second kappa shape index (κ2) is 9.02. The highest BCUT2D eigenvalue weighted by Crippen LogP contribution is 2.63. The fourth-order valence-electron chi connectivity index (χ4n) is 7.71. The summed E-state index contributed by atoms with van der Waals surface area (Å²) in [6.45, 7) is -0.535. The number of nitrogens with two attached hydrogens (primary N) is 1. The van der Waals surface area contributed by atoms with Gasteiger partial charge in [0.15, 0.2) is 12.1 Å². The van der Waals surface area contributed by atoms with Crippen LogP contribution in [0.2, 0.25) is 0 Å². The lowest BCUT2D eigenvalue weighted by molar-refractivity contribution is -0.281. The van der Waals surface area contributed by atoms with Gasteiger partial charge in [0.05, 0.1) is 24.2 Å². The van der Waals surface area contributed by atoms with Crippen LogP contribution in [0.5, 0.6) is 0 Å². The van der Waals surface area contributed by atoms with Crippen molar-refractivity contribution in [1.82, 2.24) is 0 Å². The Morgan fingerprint density at radius 3 is 2.46 bits per heavy atom. The maximum absolute atomic E-state index is 14.3. The van der Waals surface area contributed by atoms with Crippen molar-refractivity contribution >= 4 is 22.3 Å². The number of hydrogen-bond donors (Lipinski definition) is 4. The zero-order valence-corrected chi connectivity index (χ0v) is 21.3. The second-order valence-electron chi connectivity index (χ2n) is 11.3. The number of carbonyl (C=O) groups is 2. The minimum Gasteiger partial charge on any atom is -0.394 e. The SMILES string of the molecule is N[C@H]1[C@H](O[C@H]2C[C@H]3C(=O)c4cc5ccccc5cc4[C@H]3[C@@]23C(=O)CCc2ccccc23)O[C@H](CO)[C@@H](O)[C@@H]1O. The van der Waals surface area contributed by atoms with E-state index in [1.807, 2.05) is 60.7 Å². The first-order valence-corrected chi connectivity index (χ1v) is 13.6. The van der Waals surface area contributed by atoms with Gasteiger partial charge in [-0.1, -0.05) is 54.6 Å². The van der Waals surface area contributed by atoms with E-state index >= 15 is 0 Å². The molecule has 3 aromatic carbocycles. The number of fused-ring (bicyclic) bond motifs is 7. The molecule has 2 fully saturated rings. The third-order valence-corrected chi connectivity index (χ3v) is 9.50. The van der Waals surface area contributed by atoms with Crippen LogP contribution in [0.4, 0.5) is 0 Å². The average molecular weight is 530 g/mol. The fraction of sp³-hybridized carbons (Fsp3) is 0.419. The van der Waals surface area contributed by atoms with Gasteiger partial charge in [0, 0.05) is 23.8 Å². The molecule has 4 aliphatic rings. The summed E-state index contributed by atoms with van der Waals surface area (Å²) in [7, 11) is 0. The molecule has 1 saturated heterocycles. The number of aryl methyl sites for hydroxylation is 1. The molecule has 9 atom stereocenters. The van der Waals surface area contributed by atoms with Crippen molar-refractivity contribution in [2.75, 3.05) is 6.61 Å². The monoisotopic (exact) mass is 529 g/mol. The molecule has 5 N–H and O–H groups in total. The van der Waals surface area contributed by atoms with Gasteiger partial charge >= 0.3 is 0 Å². The Bertz CT molecular complexity index is 1490. The van der Waals surface area contributed by atoms with Crippen molar-refractivity contribution in [3.05, 3.63) is 82.9 Å². The van der Waals surface area contributed by atoms with Crippen LogP contribution in [0.25, 0.3) is 10.8 Å². The lowest BCUT2D eigenvalue weighted by atomic mass is 9.60. The largest absolute Gasteiger partial charge is 0.394 e. The average Bonchev–Trinajstić information content (AvgIpc) is 3.42. The van der Waals surface area contributed by atoms with E-state index in [4.69, 9.17) is 15.2 Å². The zero-order chi connectivity index (χ0) is 27.1. The molecule has 1 aliphatic heterocycles. The molecule has 0 aromatic heterocycles. The lowest BCUT2D eigenvalue weighted by Gasteiger charge is -2.46. The number of aliphatic hydroxyl groups excluding tert-OH is 3. The van der Waals surface area contributed by atoms with Gasteiger partial charge in [0.1, 0.15) is 24.1 Å². The minimum atomic E-state index is -1.39. The summed E-state index contributed by atoms with van der Waals surface area (Å²) >= 11 is 0. The summed E-state index contributed by atoms with van der Waals surface area (Å²) in [5.41, 5.74) is 8.51. The first-order valence-electron chi connectivity index (χ1n) is 13.6. The number of aliphatic hydroxyl groups is 3. The van der Waals surface area contributed by atoms with Crippen LogP contribution in [0.3, 0.4) is 0 Å². The summed E-state index contributed by atoms with van der Waals surface area (Å²) in [5.74, 6) is -0.885. The smallest absolute Gasteiger partial charge is 0.176 e. The molecule has 0 amide bonds. The Hall–Kier alpha value is -2.98. The van der Waals surface area contributed by atoms with E-state index in [1.165, 1.54) is 0 Å². The Kier molecular flexibility index (Phi) is 5.79. The van der Waals surface area contributed by atoms with E-state index in [9.17, 15) is 24.9 Å². The quantitative estimate of drug-likeness (QED) is 0.403. The number of hydrogen-bond acceptors (Lipinski definition) is 8. The Balaban J connectivity index is 1.40. The van der Waals surface area contributed by atoms with E-state index in [0.29, 0.717) is 18.4 Å². The van der Waals surface area contributed by atoms with Crippen LogP contribution in [0.15, 0.2) is 60.7 Å². The van der Waals surface area contributed by atoms with Crippen molar-refractivity contribution in [2.45, 2.75) is 67.3 Å². The summed E-state index contributed by atoms with van der Waals surface area (Å²) < 4.78 is 12.3. The molecule has 3 aromatic rings. The van der Waals surface area contributed by atoms with Gasteiger partial charge in [0.25, 0.3) is 0 Å². The highest BCUT2D eigenvalue weighted by Gasteiger charge is 2.67. The number of benzene rings is 3. The normalized spacial score (nSPS) is 37.2. The van der Waals surface area contributed by atoms with Crippen LogP contribution < -0.4 is 5.73 Å². The second-order valence-corrected chi connectivity index (χ2v) is 11.3. The highest BCUT2D eigenvalue weighted by molar-refractivity contribution is 6.09. The number of ether oxygens (including phenoxy) is 2. The molecule has 7 rings (SSSR count). The maximum atomic E-state index is 14.3. The minimum absolute atomic E-state index is 0.000338. The van der Waals surface area contributed by atoms with Crippen LogP contribution in [-0.4, -0.2) is 70.2 Å². The molecule has 0 radical (unpaired) electrons. The number of Topliss-reactive ketones (excluding diaryl/α,β-unsaturated/α-hetero) is 2. The van der Waals surface area contributed by atoms with Gasteiger partial charge in [-0.3, -0.25) is 9.59 Å². The van der Waals surface area contributed by atoms with Crippen LogP contribution in [0, 0.1) is 5.92 Å². The summed E-state index contributed by atoms with van der Waals surface area (Å²) in [6, 6.07) is 18.6. The number of rotatable bonds is 3. The predicted octanol–water partition coefficient (Wildman–Crippen LogP) is 1.74. The van der Waals surface area contributed by atoms with Crippen molar-refractivity contribution in [2.24, 2.45) is 11.7 Å². The predicted molar refractivity (Wildman–Crippen MR) is 141 cm³/mol. The van der Waals surface area contributed by atoms with Crippen molar-refractivity contribution in [3.63, 3.8) is 0 Å². The first-order chi connectivity index (χ1) is 18.9. The molecule has 3 aliphatic carbocycles. The van der Waals surface area contributed by atoms with E-state index < -0.39 is 60.6 Å². The van der Waals surface area contributed by atoms with E-state index in [0.717, 1.165) is 27.5 Å². The number of carbonyl (C=O) groups excluding carboxylic acids is 2. The molecular weight excluding hydrogens is 498 g/mol. The molecule has 1 spiro atoms. The van der Waals surface area contributed by atoms with Gasteiger partial charge in [0.2, 0.25) is 0 Å². The van der Waals surface area contributed by atoms with Gasteiger partial charge in [-0.2, -0.15) is 0 Å². The summed E-state index contributed by atoms with van der Waals surface area (Å²) in [4.78, 5) is 28.2. The molecule has 1 saturated carbocycles. The molecular formula is C31H31NO7. The topological polar surface area (TPSA) is 139 Å². The maximum Gasteiger partial charge on any atom is 0.176 e. The Morgan fingerprint density at radius 1 is 0.974 bits per heavy atom. The molecule has 0 bridgehead atoms. The summed E-state index contributed by atoms with van der Waals surface area (Å²) in [5, 5.41) is 32.6. The van der Waals surface area contributed by atoms with Crippen molar-refractivity contribution < 1.29 is 34.4 Å². The Morgan fingerprint density at radius 2 is 1.69 bits per heavy atom. The lowest BCUT2D eigenvalue weighted by Crippen LogP contribution is -2.64. The van der Waals surface area contributed by atoms with Crippen molar-refractivity contribution in [1.29, 1.82) is 0 Å². The van der Waals surface area contributed by atoms with E-state index in [2.05, 4.69) is 0 Å². The van der Waals surface area contributed by atoms with Crippen molar-refractivity contribution in [3.8, 4) is 0 Å². The number of ketones is 2. The summed E-state index contributed by atoms with van der Waals surface area (Å²) in [6.07, 6.45) is -4.60. The van der Waals surface area contributed by atoms with Gasteiger partial charge in [-0.25, -0.2) is 0 Å². The van der Waals surface area contributed by atoms with Gasteiger partial charge in [-0.15, -0.1) is 0 Å². The van der Waals surface area contributed by atoms with Gasteiger partial charge < -0.3 is 30.5 Å². The molecule has 1 heterocycles. The van der Waals surface area contributed by atoms with Crippen LogP contribution in [0.1, 0.15) is 45.8 Å². The molecule has 0 unspecified atom stereocenters. The molecule has 8 heteroatoms. The third kappa shape index (κ3) is 3.40. The molecule has 39 heavy (non-hydrogen) atoms. The van der Waals surface area contributed by atoms with Crippen LogP contribution in [-0.2, 0) is 26.1 Å². The standard InChI is InChI=1S/C31H31NO7/c32-26-29(37)28(36)22(14-33)38-30(26)39-24-13-20-25(31(24)21-8-4-3-5-15(21)9-10-23(31)34)18-11-16-6-1-2-7-17(16)12-19(18)27(20)35/h1-8,11-12,20,22,24-26,28-30,33,36-37H,9-10,13-14,32H2/t20-,22-,24+,25-,26-,28-,29-,30+,31+/m1/s1. The highest BCUT2D eigenvalue weighted by atomic mass is 16.7. The zero-order valence-electron chi connectivity index (χ0n) is 21.3. The van der Waals surface area contributed by atoms with Gasteiger partial charge in [-0.05, 0) is 46.4 Å². The third-order valence-electron chi connectivity index (χ3n) is 9.50.